The molecule has 0 bridgehead atoms. The molecule has 2 aliphatic rings. The number of likely N-dealkylation sites (N-methyl/N-ethyl adjacent to an activating group) is 1. The third-order valence-electron chi connectivity index (χ3n) is 5.01. The van der Waals surface area contributed by atoms with Gasteiger partial charge in [0.05, 0.1) is 6.61 Å². The quantitative estimate of drug-likeness (QED) is 0.393. The molecule has 0 aromatic heterocycles. The summed E-state index contributed by atoms with van der Waals surface area (Å²) in [5.41, 5.74) is 0. The highest BCUT2D eigenvalue weighted by Gasteiger charge is 2.26. The first-order chi connectivity index (χ1) is 10.8. The SMILES string of the molecule is CCOCC1CCN(C(=NC)NCC2CCCCN2CC)C1.I. The van der Waals surface area contributed by atoms with E-state index in [0.29, 0.717) is 12.0 Å². The predicted octanol–water partition coefficient (Wildman–Crippen LogP) is 2.41. The van der Waals surface area contributed by atoms with Crippen molar-refractivity contribution in [2.24, 2.45) is 10.9 Å². The molecular formula is C17H35IN4O. The van der Waals surface area contributed by atoms with Crippen LogP contribution in [0.3, 0.4) is 0 Å². The molecule has 23 heavy (non-hydrogen) atoms. The van der Waals surface area contributed by atoms with Crippen LogP contribution >= 0.6 is 24.0 Å². The number of hydrogen-bond acceptors (Lipinski definition) is 3. The fourth-order valence-corrected chi connectivity index (χ4v) is 3.69. The highest BCUT2D eigenvalue weighted by atomic mass is 127. The first kappa shape index (κ1) is 21.0. The Morgan fingerprint density at radius 3 is 2.74 bits per heavy atom. The summed E-state index contributed by atoms with van der Waals surface area (Å²) in [5.74, 6) is 1.72. The van der Waals surface area contributed by atoms with E-state index in [2.05, 4.69) is 34.0 Å². The summed E-state index contributed by atoms with van der Waals surface area (Å²) in [6.07, 6.45) is 5.24. The van der Waals surface area contributed by atoms with Crippen LogP contribution in [0.15, 0.2) is 4.99 Å². The Morgan fingerprint density at radius 1 is 1.22 bits per heavy atom. The van der Waals surface area contributed by atoms with Crippen molar-refractivity contribution in [1.82, 2.24) is 15.1 Å². The molecule has 0 aliphatic carbocycles. The van der Waals surface area contributed by atoms with Crippen LogP contribution in [0, 0.1) is 5.92 Å². The molecule has 136 valence electrons. The van der Waals surface area contributed by atoms with Gasteiger partial charge in [0.15, 0.2) is 5.96 Å². The first-order valence-electron chi connectivity index (χ1n) is 9.05. The van der Waals surface area contributed by atoms with Crippen molar-refractivity contribution >= 4 is 29.9 Å². The van der Waals surface area contributed by atoms with E-state index in [1.165, 1.54) is 32.2 Å². The monoisotopic (exact) mass is 438 g/mol. The summed E-state index contributed by atoms with van der Waals surface area (Å²) in [7, 11) is 1.90. The van der Waals surface area contributed by atoms with E-state index in [4.69, 9.17) is 4.74 Å². The van der Waals surface area contributed by atoms with Crippen LogP contribution in [0.4, 0.5) is 0 Å². The molecule has 0 saturated carbocycles. The van der Waals surface area contributed by atoms with E-state index in [1.807, 2.05) is 7.05 Å². The lowest BCUT2D eigenvalue weighted by atomic mass is 10.0. The molecular weight excluding hydrogens is 403 g/mol. The molecule has 2 heterocycles. The molecule has 0 aromatic carbocycles. The van der Waals surface area contributed by atoms with Gasteiger partial charge in [0.2, 0.25) is 0 Å². The average Bonchev–Trinajstić information content (AvgIpc) is 3.02. The number of aliphatic imine (C=N–C) groups is 1. The second-order valence-corrected chi connectivity index (χ2v) is 6.47. The highest BCUT2D eigenvalue weighted by molar-refractivity contribution is 14.0. The Labute approximate surface area is 159 Å². The smallest absolute Gasteiger partial charge is 0.193 e. The van der Waals surface area contributed by atoms with E-state index < -0.39 is 0 Å². The molecule has 2 aliphatic heterocycles. The van der Waals surface area contributed by atoms with E-state index in [-0.39, 0.29) is 24.0 Å². The number of likely N-dealkylation sites (tertiary alicyclic amines) is 2. The molecule has 2 rings (SSSR count). The van der Waals surface area contributed by atoms with E-state index in [1.54, 1.807) is 0 Å². The zero-order chi connectivity index (χ0) is 15.8. The Kier molecular flexibility index (Phi) is 10.5. The van der Waals surface area contributed by atoms with Crippen LogP contribution in [-0.2, 0) is 4.74 Å². The van der Waals surface area contributed by atoms with Gasteiger partial charge in [-0.1, -0.05) is 13.3 Å². The van der Waals surface area contributed by atoms with E-state index in [0.717, 1.165) is 45.4 Å². The predicted molar refractivity (Wildman–Crippen MR) is 108 cm³/mol. The molecule has 0 spiro atoms. The molecule has 0 radical (unpaired) electrons. The van der Waals surface area contributed by atoms with E-state index >= 15 is 0 Å². The van der Waals surface area contributed by atoms with Gasteiger partial charge in [0.25, 0.3) is 0 Å². The molecule has 0 amide bonds. The van der Waals surface area contributed by atoms with Gasteiger partial charge in [-0.25, -0.2) is 0 Å². The van der Waals surface area contributed by atoms with Gasteiger partial charge in [-0.05, 0) is 39.3 Å². The Balaban J connectivity index is 0.00000264. The van der Waals surface area contributed by atoms with Gasteiger partial charge >= 0.3 is 0 Å². The molecule has 2 fully saturated rings. The third-order valence-corrected chi connectivity index (χ3v) is 5.01. The lowest BCUT2D eigenvalue weighted by Gasteiger charge is -2.35. The van der Waals surface area contributed by atoms with Crippen LogP contribution < -0.4 is 5.32 Å². The zero-order valence-corrected chi connectivity index (χ0v) is 17.4. The fraction of sp³-hybridized carbons (Fsp3) is 0.941. The fourth-order valence-electron chi connectivity index (χ4n) is 3.69. The van der Waals surface area contributed by atoms with Gasteiger partial charge in [0.1, 0.15) is 0 Å². The number of piperidine rings is 1. The largest absolute Gasteiger partial charge is 0.381 e. The molecule has 1 N–H and O–H groups in total. The Morgan fingerprint density at radius 2 is 2.04 bits per heavy atom. The van der Waals surface area contributed by atoms with Crippen LogP contribution in [0.5, 0.6) is 0 Å². The molecule has 2 saturated heterocycles. The summed E-state index contributed by atoms with van der Waals surface area (Å²) in [5, 5.41) is 3.62. The van der Waals surface area contributed by atoms with E-state index in [9.17, 15) is 0 Å². The number of hydrogen-bond donors (Lipinski definition) is 1. The number of rotatable bonds is 6. The maximum Gasteiger partial charge on any atom is 0.193 e. The summed E-state index contributed by atoms with van der Waals surface area (Å²) < 4.78 is 5.57. The molecule has 2 unspecified atom stereocenters. The van der Waals surface area contributed by atoms with Crippen LogP contribution in [0.1, 0.15) is 39.5 Å². The molecule has 5 nitrogen and oxygen atoms in total. The van der Waals surface area contributed by atoms with Crippen molar-refractivity contribution in [2.75, 3.05) is 53.0 Å². The van der Waals surface area contributed by atoms with Crippen molar-refractivity contribution in [3.8, 4) is 0 Å². The maximum atomic E-state index is 5.57. The van der Waals surface area contributed by atoms with Crippen LogP contribution in [0.25, 0.3) is 0 Å². The standard InChI is InChI=1S/C17H34N4O.HI/c1-4-20-10-7-6-8-16(20)12-19-17(18-3)21-11-9-15(13-21)14-22-5-2;/h15-16H,4-14H2,1-3H3,(H,18,19);1H. The third kappa shape index (κ3) is 6.38. The van der Waals surface area contributed by atoms with Crippen molar-refractivity contribution < 1.29 is 4.74 Å². The van der Waals surface area contributed by atoms with Crippen molar-refractivity contribution in [3.05, 3.63) is 0 Å². The minimum absolute atomic E-state index is 0. The zero-order valence-electron chi connectivity index (χ0n) is 15.1. The van der Waals surface area contributed by atoms with Crippen molar-refractivity contribution in [3.63, 3.8) is 0 Å². The highest BCUT2D eigenvalue weighted by Crippen LogP contribution is 2.18. The first-order valence-corrected chi connectivity index (χ1v) is 9.05. The lowest BCUT2D eigenvalue weighted by molar-refractivity contribution is 0.114. The minimum Gasteiger partial charge on any atom is -0.381 e. The number of ether oxygens (including phenoxy) is 1. The van der Waals surface area contributed by atoms with Gasteiger partial charge in [0, 0.05) is 45.2 Å². The summed E-state index contributed by atoms with van der Waals surface area (Å²) >= 11 is 0. The second kappa shape index (κ2) is 11.5. The Bertz CT molecular complexity index is 353. The van der Waals surface area contributed by atoms with Crippen molar-refractivity contribution in [2.45, 2.75) is 45.6 Å². The maximum absolute atomic E-state index is 5.57. The minimum atomic E-state index is 0. The summed E-state index contributed by atoms with van der Waals surface area (Å²) in [6.45, 7) is 11.6. The number of nitrogens with one attached hydrogen (secondary N) is 1. The van der Waals surface area contributed by atoms with Gasteiger partial charge in [-0.15, -0.1) is 24.0 Å². The molecule has 0 aromatic rings. The summed E-state index contributed by atoms with van der Waals surface area (Å²) in [4.78, 5) is 9.49. The second-order valence-electron chi connectivity index (χ2n) is 6.47. The van der Waals surface area contributed by atoms with Crippen molar-refractivity contribution in [1.29, 1.82) is 0 Å². The van der Waals surface area contributed by atoms with Crippen LogP contribution in [-0.4, -0.2) is 74.8 Å². The molecule has 6 heteroatoms. The summed E-state index contributed by atoms with van der Waals surface area (Å²) in [6, 6.07) is 0.664. The van der Waals surface area contributed by atoms with Crippen LogP contribution in [0.2, 0.25) is 0 Å². The topological polar surface area (TPSA) is 40.1 Å². The van der Waals surface area contributed by atoms with Gasteiger partial charge in [-0.2, -0.15) is 0 Å². The molecule has 2 atom stereocenters. The van der Waals surface area contributed by atoms with Gasteiger partial charge in [-0.3, -0.25) is 9.89 Å². The average molecular weight is 438 g/mol. The Hall–Kier alpha value is -0.0800. The number of halogens is 1. The number of guanidine groups is 1. The van der Waals surface area contributed by atoms with Gasteiger partial charge < -0.3 is 15.0 Å². The lowest BCUT2D eigenvalue weighted by Crippen LogP contribution is -2.49. The normalized spacial score (nSPS) is 26.2. The number of nitrogens with zero attached hydrogens (tertiary/aromatic N) is 3.